The van der Waals surface area contributed by atoms with Crippen molar-refractivity contribution in [1.29, 1.82) is 0 Å². The summed E-state index contributed by atoms with van der Waals surface area (Å²) in [6.45, 7) is 20.7. The van der Waals surface area contributed by atoms with Crippen molar-refractivity contribution in [2.75, 3.05) is 27.8 Å². The van der Waals surface area contributed by atoms with Gasteiger partial charge in [0.25, 0.3) is 0 Å². The Balaban J connectivity index is 1.54. The molecule has 0 unspecified atom stereocenters. The fraction of sp³-hybridized carbons (Fsp3) is 0.333. The molecule has 0 aliphatic carbocycles. The maximum Gasteiger partial charge on any atom is 0.128 e. The van der Waals surface area contributed by atoms with E-state index in [1.165, 1.54) is 39.2 Å². The van der Waals surface area contributed by atoms with Crippen molar-refractivity contribution in [3.8, 4) is 0 Å². The highest BCUT2D eigenvalue weighted by molar-refractivity contribution is 5.77. The first-order valence-electron chi connectivity index (χ1n) is 18.0. The van der Waals surface area contributed by atoms with Crippen molar-refractivity contribution in [2.45, 2.75) is 85.2 Å². The molecule has 5 aromatic carbocycles. The van der Waals surface area contributed by atoms with Crippen LogP contribution in [-0.2, 0) is 0 Å². The van der Waals surface area contributed by atoms with Crippen molar-refractivity contribution in [3.05, 3.63) is 149 Å². The second kappa shape index (κ2) is 14.3. The molecule has 5 aromatic rings. The van der Waals surface area contributed by atoms with E-state index in [1.54, 1.807) is 0 Å². The predicted octanol–water partition coefficient (Wildman–Crippen LogP) is 12.7. The van der Waals surface area contributed by atoms with Crippen LogP contribution in [0.5, 0.6) is 0 Å². The SMILES string of the molecule is CC(C)c1cccc(C(C)C)c1N1CCN(c2c(C(C)C)cccc2C(C)C)C1c1ccc(N(c2ccccc2)c2ccccc2)cc1. The zero-order valence-corrected chi connectivity index (χ0v) is 30.2. The molecule has 0 amide bonds. The zero-order valence-electron chi connectivity index (χ0n) is 30.2. The third kappa shape index (κ3) is 6.48. The number of hydrogen-bond donors (Lipinski definition) is 0. The van der Waals surface area contributed by atoms with Crippen LogP contribution >= 0.6 is 0 Å². The molecule has 248 valence electrons. The largest absolute Gasteiger partial charge is 0.345 e. The zero-order chi connectivity index (χ0) is 33.9. The van der Waals surface area contributed by atoms with Crippen molar-refractivity contribution in [2.24, 2.45) is 0 Å². The minimum absolute atomic E-state index is 0.0655. The van der Waals surface area contributed by atoms with Crippen molar-refractivity contribution < 1.29 is 0 Å². The smallest absolute Gasteiger partial charge is 0.128 e. The monoisotopic (exact) mass is 635 g/mol. The van der Waals surface area contributed by atoms with Gasteiger partial charge in [0.1, 0.15) is 6.17 Å². The van der Waals surface area contributed by atoms with E-state index in [1.807, 2.05) is 0 Å². The Hall–Kier alpha value is -4.50. The summed E-state index contributed by atoms with van der Waals surface area (Å²) in [7, 11) is 0. The lowest BCUT2D eigenvalue weighted by Gasteiger charge is -2.38. The molecule has 6 rings (SSSR count). The first-order chi connectivity index (χ1) is 23.2. The number of hydrogen-bond acceptors (Lipinski definition) is 3. The van der Waals surface area contributed by atoms with Gasteiger partial charge >= 0.3 is 0 Å². The third-order valence-corrected chi connectivity index (χ3v) is 9.91. The van der Waals surface area contributed by atoms with Gasteiger partial charge in [0.05, 0.1) is 0 Å². The second-order valence-electron chi connectivity index (χ2n) is 14.5. The van der Waals surface area contributed by atoms with Gasteiger partial charge in [-0.1, -0.05) is 140 Å². The molecule has 1 aliphatic rings. The van der Waals surface area contributed by atoms with Gasteiger partial charge in [-0.25, -0.2) is 0 Å². The molecule has 0 atom stereocenters. The first kappa shape index (κ1) is 33.4. The standard InChI is InChI=1S/C45H53N3/c1-31(2)39-21-15-22-40(32(3)4)43(39)46-29-30-47(44-41(33(5)6)23-16-24-42(44)34(7)8)45(46)35-25-27-38(28-26-35)48(36-17-11-9-12-18-36)37-19-13-10-14-20-37/h9-28,31-34,45H,29-30H2,1-8H3. The number of anilines is 5. The molecule has 0 aromatic heterocycles. The predicted molar refractivity (Wildman–Crippen MR) is 208 cm³/mol. The van der Waals surface area contributed by atoms with Gasteiger partial charge in [0.15, 0.2) is 0 Å². The fourth-order valence-electron chi connectivity index (χ4n) is 7.54. The van der Waals surface area contributed by atoms with Crippen LogP contribution in [-0.4, -0.2) is 13.1 Å². The van der Waals surface area contributed by atoms with E-state index in [4.69, 9.17) is 0 Å². The summed E-state index contributed by atoms with van der Waals surface area (Å²) in [6, 6.07) is 44.7. The van der Waals surface area contributed by atoms with Crippen LogP contribution in [0.25, 0.3) is 0 Å². The van der Waals surface area contributed by atoms with Crippen LogP contribution in [0.15, 0.2) is 121 Å². The van der Waals surface area contributed by atoms with Gasteiger partial charge < -0.3 is 14.7 Å². The highest BCUT2D eigenvalue weighted by Gasteiger charge is 2.38. The molecule has 1 saturated heterocycles. The Morgan fingerprint density at radius 1 is 0.417 bits per heavy atom. The molecular weight excluding hydrogens is 583 g/mol. The lowest BCUT2D eigenvalue weighted by Crippen LogP contribution is -2.33. The number of nitrogens with zero attached hydrogens (tertiary/aromatic N) is 3. The number of benzene rings is 5. The van der Waals surface area contributed by atoms with E-state index >= 15 is 0 Å². The molecule has 1 heterocycles. The molecule has 0 radical (unpaired) electrons. The van der Waals surface area contributed by atoms with Gasteiger partial charge in [-0.05, 0) is 87.9 Å². The maximum absolute atomic E-state index is 2.73. The average Bonchev–Trinajstić information content (AvgIpc) is 3.53. The van der Waals surface area contributed by atoms with Crippen LogP contribution in [0.3, 0.4) is 0 Å². The second-order valence-corrected chi connectivity index (χ2v) is 14.5. The highest BCUT2D eigenvalue weighted by atomic mass is 15.4. The minimum atomic E-state index is 0.0655. The van der Waals surface area contributed by atoms with E-state index < -0.39 is 0 Å². The molecular formula is C45H53N3. The lowest BCUT2D eigenvalue weighted by atomic mass is 9.90. The van der Waals surface area contributed by atoms with Crippen molar-refractivity contribution in [1.82, 2.24) is 0 Å². The molecule has 1 aliphatic heterocycles. The maximum atomic E-state index is 2.73. The Morgan fingerprint density at radius 3 is 1.08 bits per heavy atom. The lowest BCUT2D eigenvalue weighted by molar-refractivity contribution is 0.687. The van der Waals surface area contributed by atoms with Crippen molar-refractivity contribution >= 4 is 28.4 Å². The molecule has 3 heteroatoms. The van der Waals surface area contributed by atoms with E-state index in [2.05, 4.69) is 191 Å². The van der Waals surface area contributed by atoms with Gasteiger partial charge in [0.2, 0.25) is 0 Å². The van der Waals surface area contributed by atoms with Crippen LogP contribution < -0.4 is 14.7 Å². The molecule has 0 N–H and O–H groups in total. The normalized spacial score (nSPS) is 13.8. The topological polar surface area (TPSA) is 9.72 Å². The third-order valence-electron chi connectivity index (χ3n) is 9.91. The number of para-hydroxylation sites is 4. The Morgan fingerprint density at radius 2 is 0.750 bits per heavy atom. The fourth-order valence-corrected chi connectivity index (χ4v) is 7.54. The first-order valence-corrected chi connectivity index (χ1v) is 18.0. The van der Waals surface area contributed by atoms with Crippen LogP contribution in [0, 0.1) is 0 Å². The highest BCUT2D eigenvalue weighted by Crippen LogP contribution is 2.48. The summed E-state index contributed by atoms with van der Waals surface area (Å²) < 4.78 is 0. The van der Waals surface area contributed by atoms with E-state index in [-0.39, 0.29) is 6.17 Å². The van der Waals surface area contributed by atoms with Crippen molar-refractivity contribution in [3.63, 3.8) is 0 Å². The quantitative estimate of drug-likeness (QED) is 0.151. The summed E-state index contributed by atoms with van der Waals surface area (Å²) in [5.41, 5.74) is 13.4. The van der Waals surface area contributed by atoms with Gasteiger partial charge in [0, 0.05) is 41.5 Å². The molecule has 0 saturated carbocycles. The van der Waals surface area contributed by atoms with E-state index in [0.29, 0.717) is 23.7 Å². The molecule has 0 bridgehead atoms. The van der Waals surface area contributed by atoms with Gasteiger partial charge in [-0.15, -0.1) is 0 Å². The summed E-state index contributed by atoms with van der Waals surface area (Å²) in [6.07, 6.45) is 0.0655. The summed E-state index contributed by atoms with van der Waals surface area (Å²) in [5.74, 6) is 1.70. The van der Waals surface area contributed by atoms with Gasteiger partial charge in [-0.3, -0.25) is 0 Å². The van der Waals surface area contributed by atoms with E-state index in [0.717, 1.165) is 30.2 Å². The van der Waals surface area contributed by atoms with E-state index in [9.17, 15) is 0 Å². The molecule has 48 heavy (non-hydrogen) atoms. The average molecular weight is 636 g/mol. The Bertz CT molecular complexity index is 1620. The van der Waals surface area contributed by atoms with Crippen LogP contribution in [0.1, 0.15) is 113 Å². The summed E-state index contributed by atoms with van der Waals surface area (Å²) in [4.78, 5) is 7.81. The molecule has 1 fully saturated rings. The number of rotatable bonds is 10. The van der Waals surface area contributed by atoms with Crippen LogP contribution in [0.4, 0.5) is 28.4 Å². The molecule has 3 nitrogen and oxygen atoms in total. The summed E-state index contributed by atoms with van der Waals surface area (Å²) in [5, 5.41) is 0. The Kier molecular flexibility index (Phi) is 9.96. The minimum Gasteiger partial charge on any atom is -0.345 e. The molecule has 0 spiro atoms. The summed E-state index contributed by atoms with van der Waals surface area (Å²) >= 11 is 0. The Labute approximate surface area is 289 Å². The van der Waals surface area contributed by atoms with Crippen LogP contribution in [0.2, 0.25) is 0 Å². The van der Waals surface area contributed by atoms with Gasteiger partial charge in [-0.2, -0.15) is 0 Å².